The van der Waals surface area contributed by atoms with Crippen LogP contribution in [0.2, 0.25) is 0 Å². The van der Waals surface area contributed by atoms with E-state index >= 15 is 0 Å². The summed E-state index contributed by atoms with van der Waals surface area (Å²) in [4.78, 5) is 24.4. The van der Waals surface area contributed by atoms with Gasteiger partial charge in [-0.2, -0.15) is 0 Å². The van der Waals surface area contributed by atoms with Crippen LogP contribution in [0.5, 0.6) is 0 Å². The lowest BCUT2D eigenvalue weighted by atomic mass is 10.1. The molecule has 0 radical (unpaired) electrons. The number of rotatable bonds is 4. The van der Waals surface area contributed by atoms with Gasteiger partial charge < -0.3 is 4.90 Å². The molecule has 2 rings (SSSR count). The number of hydrogen-bond donors (Lipinski definition) is 0. The maximum atomic E-state index is 12.6. The number of amides is 1. The van der Waals surface area contributed by atoms with Crippen molar-refractivity contribution in [3.05, 3.63) is 39.4 Å². The van der Waals surface area contributed by atoms with Crippen LogP contribution < -0.4 is 0 Å². The zero-order chi connectivity index (χ0) is 16.5. The maximum Gasteiger partial charge on any atom is 0.272 e. The number of carbonyl (C=O) groups is 1. The molecule has 0 N–H and O–H groups in total. The molecule has 1 aromatic rings. The number of hydrogen-bond acceptors (Lipinski definition) is 5. The first-order valence-electron chi connectivity index (χ1n) is 7.01. The van der Waals surface area contributed by atoms with Gasteiger partial charge in [-0.05, 0) is 32.4 Å². The largest absolute Gasteiger partial charge is 0.335 e. The third-order valence-electron chi connectivity index (χ3n) is 3.89. The normalized spacial score (nSPS) is 19.8. The molecule has 1 saturated heterocycles. The van der Waals surface area contributed by atoms with Crippen molar-refractivity contribution in [3.8, 4) is 0 Å². The van der Waals surface area contributed by atoms with Crippen molar-refractivity contribution in [1.82, 2.24) is 4.90 Å². The molecule has 1 amide bonds. The summed E-state index contributed by atoms with van der Waals surface area (Å²) >= 11 is 0. The quantitative estimate of drug-likeness (QED) is 0.617. The van der Waals surface area contributed by atoms with E-state index in [2.05, 4.69) is 0 Å². The van der Waals surface area contributed by atoms with Gasteiger partial charge in [0.1, 0.15) is 0 Å². The minimum Gasteiger partial charge on any atom is -0.335 e. The number of benzene rings is 1. The average Bonchev–Trinajstić information content (AvgIpc) is 2.79. The van der Waals surface area contributed by atoms with E-state index in [1.807, 2.05) is 0 Å². The molecule has 1 aliphatic heterocycles. The molecule has 0 saturated carbocycles. The third-order valence-corrected chi connectivity index (χ3v) is 5.64. The van der Waals surface area contributed by atoms with Gasteiger partial charge in [0.25, 0.3) is 11.6 Å². The van der Waals surface area contributed by atoms with Gasteiger partial charge in [0, 0.05) is 29.8 Å². The molecule has 1 heterocycles. The molecule has 0 bridgehead atoms. The van der Waals surface area contributed by atoms with Gasteiger partial charge in [-0.15, -0.1) is 0 Å². The molecular weight excluding hydrogens is 308 g/mol. The number of sulfone groups is 1. The fraction of sp³-hybridized carbons (Fsp3) is 0.500. The van der Waals surface area contributed by atoms with Crippen molar-refractivity contribution in [3.63, 3.8) is 0 Å². The van der Waals surface area contributed by atoms with Gasteiger partial charge in [0.2, 0.25) is 0 Å². The molecule has 22 heavy (non-hydrogen) atoms. The minimum absolute atomic E-state index is 0.0153. The van der Waals surface area contributed by atoms with E-state index in [-0.39, 0.29) is 29.1 Å². The Labute approximate surface area is 129 Å². The van der Waals surface area contributed by atoms with E-state index in [1.54, 1.807) is 13.8 Å². The Kier molecular flexibility index (Phi) is 4.50. The molecule has 1 aromatic carbocycles. The molecule has 0 aliphatic carbocycles. The zero-order valence-electron chi connectivity index (χ0n) is 12.5. The molecule has 0 unspecified atom stereocenters. The molecule has 0 spiro atoms. The van der Waals surface area contributed by atoms with E-state index in [0.717, 1.165) is 0 Å². The van der Waals surface area contributed by atoms with Gasteiger partial charge in [0.05, 0.1) is 16.4 Å². The molecular formula is C14H18N2O5S. The molecule has 7 nitrogen and oxygen atoms in total. The van der Waals surface area contributed by atoms with Gasteiger partial charge in [-0.3, -0.25) is 14.9 Å². The lowest BCUT2D eigenvalue weighted by Crippen LogP contribution is -2.41. The van der Waals surface area contributed by atoms with E-state index in [1.165, 1.54) is 23.1 Å². The van der Waals surface area contributed by atoms with Crippen LogP contribution in [0.1, 0.15) is 29.3 Å². The van der Waals surface area contributed by atoms with E-state index in [9.17, 15) is 23.3 Å². The van der Waals surface area contributed by atoms with Crippen molar-refractivity contribution < 1.29 is 18.1 Å². The Morgan fingerprint density at radius 1 is 1.45 bits per heavy atom. The summed E-state index contributed by atoms with van der Waals surface area (Å²) < 4.78 is 23.2. The number of nitro benzene ring substituents is 1. The number of nitrogens with zero attached hydrogens (tertiary/aromatic N) is 2. The van der Waals surface area contributed by atoms with Crippen LogP contribution in [0, 0.1) is 17.0 Å². The Morgan fingerprint density at radius 3 is 2.59 bits per heavy atom. The summed E-state index contributed by atoms with van der Waals surface area (Å²) in [5.41, 5.74) is 0.711. The summed E-state index contributed by atoms with van der Waals surface area (Å²) in [6, 6.07) is 3.88. The van der Waals surface area contributed by atoms with Crippen molar-refractivity contribution in [1.29, 1.82) is 0 Å². The number of aryl methyl sites for hydroxylation is 1. The number of nitro groups is 1. The second-order valence-corrected chi connectivity index (χ2v) is 7.64. The number of carbonyl (C=O) groups excluding carboxylic acids is 1. The van der Waals surface area contributed by atoms with Crippen LogP contribution >= 0.6 is 0 Å². The summed E-state index contributed by atoms with van der Waals surface area (Å²) in [6.45, 7) is 3.77. The third kappa shape index (κ3) is 3.27. The molecule has 0 aromatic heterocycles. The molecule has 1 fully saturated rings. The Morgan fingerprint density at radius 2 is 2.14 bits per heavy atom. The topological polar surface area (TPSA) is 97.6 Å². The average molecular weight is 326 g/mol. The standard InChI is InChI=1S/C14H18N2O5S/c1-3-15(12-6-7-22(20,21)9-12)14(17)11-4-5-13(16(18)19)10(2)8-11/h4-5,8,12H,3,6-7,9H2,1-2H3/t12-/m0/s1. The lowest BCUT2D eigenvalue weighted by molar-refractivity contribution is -0.385. The molecule has 8 heteroatoms. The van der Waals surface area contributed by atoms with Crippen molar-refractivity contribution in [2.45, 2.75) is 26.3 Å². The van der Waals surface area contributed by atoms with Crippen LogP contribution in [-0.2, 0) is 9.84 Å². The van der Waals surface area contributed by atoms with Crippen molar-refractivity contribution >= 4 is 21.4 Å². The fourth-order valence-corrected chi connectivity index (χ4v) is 4.48. The smallest absolute Gasteiger partial charge is 0.272 e. The minimum atomic E-state index is -3.08. The van der Waals surface area contributed by atoms with Gasteiger partial charge in [-0.1, -0.05) is 0 Å². The first kappa shape index (κ1) is 16.4. The Hall–Kier alpha value is -1.96. The predicted octanol–water partition coefficient (Wildman–Crippen LogP) is 1.55. The van der Waals surface area contributed by atoms with Gasteiger partial charge in [0.15, 0.2) is 9.84 Å². The first-order valence-corrected chi connectivity index (χ1v) is 8.83. The highest BCUT2D eigenvalue weighted by atomic mass is 32.2. The van der Waals surface area contributed by atoms with E-state index < -0.39 is 14.8 Å². The molecule has 120 valence electrons. The summed E-state index contributed by atoms with van der Waals surface area (Å²) in [5.74, 6) is -0.207. The molecule has 1 aliphatic rings. The van der Waals surface area contributed by atoms with Crippen LogP contribution in [-0.4, -0.2) is 48.2 Å². The van der Waals surface area contributed by atoms with Crippen LogP contribution in [0.15, 0.2) is 18.2 Å². The summed E-state index contributed by atoms with van der Waals surface area (Å²) in [7, 11) is -3.08. The summed E-state index contributed by atoms with van der Waals surface area (Å²) in [6.07, 6.45) is 0.438. The fourth-order valence-electron chi connectivity index (χ4n) is 2.75. The SMILES string of the molecule is CCN(C(=O)c1ccc([N+](=O)[O-])c(C)c1)[C@H]1CCS(=O)(=O)C1. The second-order valence-electron chi connectivity index (χ2n) is 5.41. The monoisotopic (exact) mass is 326 g/mol. The van der Waals surface area contributed by atoms with Crippen LogP contribution in [0.25, 0.3) is 0 Å². The second kappa shape index (κ2) is 6.04. The van der Waals surface area contributed by atoms with E-state index in [0.29, 0.717) is 24.1 Å². The summed E-state index contributed by atoms with van der Waals surface area (Å²) in [5, 5.41) is 10.8. The maximum absolute atomic E-state index is 12.6. The first-order chi connectivity index (χ1) is 10.2. The highest BCUT2D eigenvalue weighted by Crippen LogP contribution is 2.23. The van der Waals surface area contributed by atoms with E-state index in [4.69, 9.17) is 0 Å². The predicted molar refractivity (Wildman–Crippen MR) is 81.6 cm³/mol. The Bertz CT molecular complexity index is 714. The van der Waals surface area contributed by atoms with Crippen molar-refractivity contribution in [2.75, 3.05) is 18.1 Å². The van der Waals surface area contributed by atoms with Crippen LogP contribution in [0.4, 0.5) is 5.69 Å². The highest BCUT2D eigenvalue weighted by molar-refractivity contribution is 7.91. The Balaban J connectivity index is 2.26. The zero-order valence-corrected chi connectivity index (χ0v) is 13.3. The van der Waals surface area contributed by atoms with Gasteiger partial charge in [-0.25, -0.2) is 8.42 Å². The highest BCUT2D eigenvalue weighted by Gasteiger charge is 2.34. The van der Waals surface area contributed by atoms with Crippen molar-refractivity contribution in [2.24, 2.45) is 0 Å². The molecule has 1 atom stereocenters. The van der Waals surface area contributed by atoms with Crippen LogP contribution in [0.3, 0.4) is 0 Å². The lowest BCUT2D eigenvalue weighted by Gasteiger charge is -2.27. The van der Waals surface area contributed by atoms with Gasteiger partial charge >= 0.3 is 0 Å².